The molecule has 5 amide bonds. The number of hydrogen-bond donors (Lipinski definition) is 0. The second-order valence-corrected chi connectivity index (χ2v) is 9.38. The molecule has 0 aromatic heterocycles. The van der Waals surface area contributed by atoms with Gasteiger partial charge in [0.25, 0.3) is 5.91 Å². The van der Waals surface area contributed by atoms with Crippen molar-refractivity contribution in [1.82, 2.24) is 9.80 Å². The van der Waals surface area contributed by atoms with Crippen molar-refractivity contribution in [3.8, 4) is 6.07 Å². The van der Waals surface area contributed by atoms with E-state index in [4.69, 9.17) is 9.47 Å². The molecule has 1 aromatic carbocycles. The monoisotopic (exact) mass is 441 g/mol. The Morgan fingerprint density at radius 2 is 1.56 bits per heavy atom. The quantitative estimate of drug-likeness (QED) is 0.607. The minimum absolute atomic E-state index is 0.228. The van der Waals surface area contributed by atoms with E-state index in [0.717, 1.165) is 0 Å². The number of ether oxygens (including phenoxy) is 2. The Balaban J connectivity index is 2.66. The van der Waals surface area contributed by atoms with Crippen LogP contribution in [0.3, 0.4) is 0 Å². The van der Waals surface area contributed by atoms with Crippen LogP contribution >= 0.6 is 0 Å². The van der Waals surface area contributed by atoms with Gasteiger partial charge in [0, 0.05) is 0 Å². The highest BCUT2D eigenvalue weighted by Gasteiger charge is 2.55. The standard InChI is InChI=1S/C23H27N3O6/c1-13(2)16-11-14(12-24)9-10-15(16)17-18(27)26(21(30)32-23(6,7)8)19(28)25(17)20(29)31-22(3,4)5/h9-11,17H,1H2,2-8H3. The summed E-state index contributed by atoms with van der Waals surface area (Å²) in [7, 11) is 0. The molecule has 0 N–H and O–H groups in total. The lowest BCUT2D eigenvalue weighted by molar-refractivity contribution is -0.128. The minimum Gasteiger partial charge on any atom is -0.443 e. The summed E-state index contributed by atoms with van der Waals surface area (Å²) in [5.41, 5.74) is -0.522. The highest BCUT2D eigenvalue weighted by molar-refractivity contribution is 6.19. The lowest BCUT2D eigenvalue weighted by atomic mass is 9.93. The molecule has 32 heavy (non-hydrogen) atoms. The summed E-state index contributed by atoms with van der Waals surface area (Å²) < 4.78 is 10.5. The van der Waals surface area contributed by atoms with E-state index in [1.165, 1.54) is 18.2 Å². The van der Waals surface area contributed by atoms with Crippen molar-refractivity contribution in [3.63, 3.8) is 0 Å². The number of allylic oxidation sites excluding steroid dienone is 1. The third-order valence-electron chi connectivity index (χ3n) is 4.21. The van der Waals surface area contributed by atoms with Crippen LogP contribution in [0, 0.1) is 11.3 Å². The smallest absolute Gasteiger partial charge is 0.425 e. The van der Waals surface area contributed by atoms with Gasteiger partial charge in [0.2, 0.25) is 0 Å². The van der Waals surface area contributed by atoms with Gasteiger partial charge in [-0.3, -0.25) is 4.79 Å². The molecule has 1 fully saturated rings. The molecular formula is C23H27N3O6. The number of nitrogens with zero attached hydrogens (tertiary/aromatic N) is 3. The number of rotatable bonds is 2. The molecule has 0 radical (unpaired) electrons. The van der Waals surface area contributed by atoms with Crippen molar-refractivity contribution in [2.75, 3.05) is 0 Å². The molecule has 2 rings (SSSR count). The maximum Gasteiger partial charge on any atom is 0.425 e. The van der Waals surface area contributed by atoms with Crippen molar-refractivity contribution in [3.05, 3.63) is 41.5 Å². The van der Waals surface area contributed by atoms with Gasteiger partial charge < -0.3 is 9.47 Å². The van der Waals surface area contributed by atoms with Gasteiger partial charge in [-0.2, -0.15) is 10.2 Å². The summed E-state index contributed by atoms with van der Waals surface area (Å²) in [6.07, 6.45) is -2.29. The predicted octanol–water partition coefficient (Wildman–Crippen LogP) is 4.77. The van der Waals surface area contributed by atoms with Gasteiger partial charge in [0.05, 0.1) is 11.6 Å². The van der Waals surface area contributed by atoms with Crippen LogP contribution in [0.1, 0.15) is 71.2 Å². The van der Waals surface area contributed by atoms with Crippen LogP contribution in [0.25, 0.3) is 5.57 Å². The van der Waals surface area contributed by atoms with Gasteiger partial charge in [0.15, 0.2) is 6.04 Å². The van der Waals surface area contributed by atoms with Gasteiger partial charge in [-0.05, 0) is 71.7 Å². The van der Waals surface area contributed by atoms with Gasteiger partial charge in [-0.1, -0.05) is 18.2 Å². The Labute approximate surface area is 187 Å². The van der Waals surface area contributed by atoms with Gasteiger partial charge >= 0.3 is 18.2 Å². The molecule has 9 heteroatoms. The highest BCUT2D eigenvalue weighted by atomic mass is 16.6. The number of urea groups is 1. The highest BCUT2D eigenvalue weighted by Crippen LogP contribution is 2.37. The summed E-state index contributed by atoms with van der Waals surface area (Å²) in [4.78, 5) is 52.9. The number of carbonyl (C=O) groups excluding carboxylic acids is 4. The first-order chi connectivity index (χ1) is 14.6. The van der Waals surface area contributed by atoms with Gasteiger partial charge in [0.1, 0.15) is 11.2 Å². The van der Waals surface area contributed by atoms with Crippen molar-refractivity contribution in [1.29, 1.82) is 5.26 Å². The van der Waals surface area contributed by atoms with E-state index in [9.17, 15) is 24.4 Å². The number of benzene rings is 1. The van der Waals surface area contributed by atoms with Crippen LogP contribution in [-0.4, -0.2) is 45.1 Å². The fourth-order valence-electron chi connectivity index (χ4n) is 3.02. The molecule has 0 aliphatic carbocycles. The fraction of sp³-hybridized carbons (Fsp3) is 0.435. The van der Waals surface area contributed by atoms with Crippen LogP contribution in [0.2, 0.25) is 0 Å². The number of nitriles is 1. The first-order valence-electron chi connectivity index (χ1n) is 9.90. The van der Waals surface area contributed by atoms with Crippen LogP contribution in [0.15, 0.2) is 24.8 Å². The van der Waals surface area contributed by atoms with Crippen molar-refractivity contribution < 1.29 is 28.7 Å². The normalized spacial score (nSPS) is 16.6. The van der Waals surface area contributed by atoms with Gasteiger partial charge in [-0.25, -0.2) is 19.3 Å². The molecule has 1 unspecified atom stereocenters. The zero-order valence-electron chi connectivity index (χ0n) is 19.3. The van der Waals surface area contributed by atoms with Crippen LogP contribution in [0.4, 0.5) is 14.4 Å². The number of amides is 5. The summed E-state index contributed by atoms with van der Waals surface area (Å²) >= 11 is 0. The molecule has 1 heterocycles. The molecule has 1 aliphatic heterocycles. The molecule has 0 saturated carbocycles. The van der Waals surface area contributed by atoms with Crippen molar-refractivity contribution >= 4 is 29.7 Å². The van der Waals surface area contributed by atoms with Crippen molar-refractivity contribution in [2.24, 2.45) is 0 Å². The second kappa shape index (κ2) is 8.46. The number of carbonyl (C=O) groups is 4. The largest absolute Gasteiger partial charge is 0.443 e. The van der Waals surface area contributed by atoms with E-state index in [1.807, 2.05) is 6.07 Å². The average Bonchev–Trinajstić information content (AvgIpc) is 2.88. The Bertz CT molecular complexity index is 1040. The third-order valence-corrected chi connectivity index (χ3v) is 4.21. The number of hydrogen-bond acceptors (Lipinski definition) is 7. The molecule has 1 aliphatic rings. The van der Waals surface area contributed by atoms with E-state index >= 15 is 0 Å². The van der Waals surface area contributed by atoms with E-state index in [2.05, 4.69) is 6.58 Å². The third kappa shape index (κ3) is 5.14. The zero-order chi connectivity index (χ0) is 24.6. The molecule has 9 nitrogen and oxygen atoms in total. The molecule has 1 aromatic rings. The van der Waals surface area contributed by atoms with E-state index in [-0.39, 0.29) is 5.56 Å². The Kier molecular flexibility index (Phi) is 6.50. The van der Waals surface area contributed by atoms with Gasteiger partial charge in [-0.15, -0.1) is 0 Å². The second-order valence-electron chi connectivity index (χ2n) is 9.38. The topological polar surface area (TPSA) is 117 Å². The SMILES string of the molecule is C=C(C)c1cc(C#N)ccc1C1C(=O)N(C(=O)OC(C)(C)C)C(=O)N1C(=O)OC(C)(C)C. The van der Waals surface area contributed by atoms with Crippen LogP contribution in [-0.2, 0) is 14.3 Å². The molecule has 0 spiro atoms. The lowest BCUT2D eigenvalue weighted by Gasteiger charge is -2.26. The molecule has 170 valence electrons. The Hall–Kier alpha value is -3.67. The lowest BCUT2D eigenvalue weighted by Crippen LogP contribution is -2.44. The molecular weight excluding hydrogens is 414 g/mol. The summed E-state index contributed by atoms with van der Waals surface area (Å²) in [5, 5.41) is 9.23. The molecule has 1 atom stereocenters. The Morgan fingerprint density at radius 1 is 1.03 bits per heavy atom. The average molecular weight is 441 g/mol. The van der Waals surface area contributed by atoms with E-state index in [0.29, 0.717) is 26.5 Å². The minimum atomic E-state index is -1.50. The first kappa shape index (κ1) is 24.6. The number of imide groups is 4. The summed E-state index contributed by atoms with van der Waals surface area (Å²) in [5.74, 6) is -0.970. The Morgan fingerprint density at radius 3 is 2.03 bits per heavy atom. The van der Waals surface area contributed by atoms with E-state index < -0.39 is 41.4 Å². The zero-order valence-corrected chi connectivity index (χ0v) is 19.3. The van der Waals surface area contributed by atoms with E-state index in [1.54, 1.807) is 48.5 Å². The summed E-state index contributed by atoms with van der Waals surface area (Å²) in [6, 6.07) is 3.72. The molecule has 1 saturated heterocycles. The van der Waals surface area contributed by atoms with Crippen LogP contribution in [0.5, 0.6) is 0 Å². The maximum absolute atomic E-state index is 13.3. The predicted molar refractivity (Wildman–Crippen MR) is 115 cm³/mol. The fourth-order valence-corrected chi connectivity index (χ4v) is 3.02. The summed E-state index contributed by atoms with van der Waals surface area (Å²) in [6.45, 7) is 15.1. The maximum atomic E-state index is 13.3. The first-order valence-corrected chi connectivity index (χ1v) is 9.90. The van der Waals surface area contributed by atoms with Crippen LogP contribution < -0.4 is 0 Å². The van der Waals surface area contributed by atoms with Crippen molar-refractivity contribution in [2.45, 2.75) is 65.7 Å². The molecule has 0 bridgehead atoms.